The first-order valence-electron chi connectivity index (χ1n) is 3.96. The standard InChI is InChI=1S/C9H17NO2/c1-7(2)6-8(3)12-9(11)10(4)5/h6,8H,1-5H3. The molecule has 0 aromatic heterocycles. The lowest BCUT2D eigenvalue weighted by Crippen LogP contribution is -2.25. The Balaban J connectivity index is 3.93. The average molecular weight is 171 g/mol. The molecule has 0 saturated heterocycles. The van der Waals surface area contributed by atoms with Gasteiger partial charge in [0.15, 0.2) is 0 Å². The van der Waals surface area contributed by atoms with Crippen molar-refractivity contribution >= 4 is 6.09 Å². The molecule has 0 rings (SSSR count). The van der Waals surface area contributed by atoms with Crippen LogP contribution in [-0.2, 0) is 4.74 Å². The monoisotopic (exact) mass is 171 g/mol. The second-order valence-corrected chi connectivity index (χ2v) is 3.23. The highest BCUT2D eigenvalue weighted by Crippen LogP contribution is 2.00. The third kappa shape index (κ3) is 4.77. The number of amides is 1. The summed E-state index contributed by atoms with van der Waals surface area (Å²) in [6, 6.07) is 0. The van der Waals surface area contributed by atoms with Crippen LogP contribution in [-0.4, -0.2) is 31.2 Å². The molecule has 0 bridgehead atoms. The SMILES string of the molecule is CC(C)=CC(C)OC(=O)N(C)C. The van der Waals surface area contributed by atoms with Crippen molar-refractivity contribution in [2.24, 2.45) is 0 Å². The fraction of sp³-hybridized carbons (Fsp3) is 0.667. The number of hydrogen-bond acceptors (Lipinski definition) is 2. The van der Waals surface area contributed by atoms with E-state index in [1.807, 2.05) is 26.8 Å². The summed E-state index contributed by atoms with van der Waals surface area (Å²) in [5.41, 5.74) is 1.15. The maximum Gasteiger partial charge on any atom is 0.409 e. The second-order valence-electron chi connectivity index (χ2n) is 3.23. The molecule has 3 nitrogen and oxygen atoms in total. The Morgan fingerprint density at radius 1 is 1.42 bits per heavy atom. The molecule has 0 saturated carbocycles. The van der Waals surface area contributed by atoms with Gasteiger partial charge in [0.1, 0.15) is 6.10 Å². The van der Waals surface area contributed by atoms with Crippen LogP contribution < -0.4 is 0 Å². The molecular weight excluding hydrogens is 154 g/mol. The van der Waals surface area contributed by atoms with Gasteiger partial charge in [-0.3, -0.25) is 0 Å². The molecule has 0 radical (unpaired) electrons. The molecule has 0 aliphatic carbocycles. The van der Waals surface area contributed by atoms with Crippen molar-refractivity contribution in [1.29, 1.82) is 0 Å². The second kappa shape index (κ2) is 4.80. The minimum Gasteiger partial charge on any atom is -0.442 e. The Kier molecular flexibility index (Phi) is 4.40. The summed E-state index contributed by atoms with van der Waals surface area (Å²) >= 11 is 0. The van der Waals surface area contributed by atoms with E-state index in [4.69, 9.17) is 4.74 Å². The van der Waals surface area contributed by atoms with Gasteiger partial charge in [0, 0.05) is 14.1 Å². The molecule has 0 N–H and O–H groups in total. The first-order chi connectivity index (χ1) is 5.43. The lowest BCUT2D eigenvalue weighted by atomic mass is 10.2. The fourth-order valence-electron chi connectivity index (χ4n) is 0.768. The molecule has 12 heavy (non-hydrogen) atoms. The van der Waals surface area contributed by atoms with Crippen LogP contribution in [0.1, 0.15) is 20.8 Å². The minimum atomic E-state index is -0.306. The Bertz CT molecular complexity index is 181. The summed E-state index contributed by atoms with van der Waals surface area (Å²) < 4.78 is 5.03. The largest absolute Gasteiger partial charge is 0.442 e. The molecule has 0 spiro atoms. The number of nitrogens with zero attached hydrogens (tertiary/aromatic N) is 1. The van der Waals surface area contributed by atoms with Gasteiger partial charge in [0.05, 0.1) is 0 Å². The third-order valence-electron chi connectivity index (χ3n) is 1.22. The van der Waals surface area contributed by atoms with Crippen LogP contribution in [0.3, 0.4) is 0 Å². The van der Waals surface area contributed by atoms with Crippen LogP contribution in [0.2, 0.25) is 0 Å². The highest BCUT2D eigenvalue weighted by molar-refractivity contribution is 5.67. The smallest absolute Gasteiger partial charge is 0.409 e. The molecule has 1 atom stereocenters. The van der Waals surface area contributed by atoms with Gasteiger partial charge in [0.25, 0.3) is 0 Å². The van der Waals surface area contributed by atoms with Gasteiger partial charge in [-0.15, -0.1) is 0 Å². The summed E-state index contributed by atoms with van der Waals surface area (Å²) in [7, 11) is 3.33. The van der Waals surface area contributed by atoms with Crippen LogP contribution in [0.5, 0.6) is 0 Å². The van der Waals surface area contributed by atoms with E-state index in [0.29, 0.717) is 0 Å². The predicted octanol–water partition coefficient (Wildman–Crippen LogP) is 2.04. The van der Waals surface area contributed by atoms with Crippen molar-refractivity contribution in [2.75, 3.05) is 14.1 Å². The summed E-state index contributed by atoms with van der Waals surface area (Å²) in [6.45, 7) is 5.79. The summed E-state index contributed by atoms with van der Waals surface area (Å²) in [5, 5.41) is 0. The number of ether oxygens (including phenoxy) is 1. The zero-order valence-electron chi connectivity index (χ0n) is 8.42. The molecule has 0 aromatic rings. The number of carbonyl (C=O) groups excluding carboxylic acids is 1. The van der Waals surface area contributed by atoms with Gasteiger partial charge in [-0.25, -0.2) is 4.79 Å². The highest BCUT2D eigenvalue weighted by atomic mass is 16.6. The van der Waals surface area contributed by atoms with Crippen LogP contribution in [0.25, 0.3) is 0 Å². The molecule has 0 fully saturated rings. The van der Waals surface area contributed by atoms with E-state index < -0.39 is 0 Å². The van der Waals surface area contributed by atoms with E-state index in [-0.39, 0.29) is 12.2 Å². The van der Waals surface area contributed by atoms with Crippen molar-refractivity contribution in [2.45, 2.75) is 26.9 Å². The summed E-state index contributed by atoms with van der Waals surface area (Å²) in [6.07, 6.45) is 1.45. The lowest BCUT2D eigenvalue weighted by molar-refractivity contribution is 0.100. The van der Waals surface area contributed by atoms with Gasteiger partial charge in [0.2, 0.25) is 0 Å². The summed E-state index contributed by atoms with van der Waals surface area (Å²) in [5.74, 6) is 0. The Labute approximate surface area is 74.0 Å². The van der Waals surface area contributed by atoms with Crippen LogP contribution >= 0.6 is 0 Å². The summed E-state index contributed by atoms with van der Waals surface area (Å²) in [4.78, 5) is 12.4. The first kappa shape index (κ1) is 11.0. The quantitative estimate of drug-likeness (QED) is 0.595. The minimum absolute atomic E-state index is 0.148. The van der Waals surface area contributed by atoms with Crippen molar-refractivity contribution in [3.05, 3.63) is 11.6 Å². The van der Waals surface area contributed by atoms with Gasteiger partial charge >= 0.3 is 6.09 Å². The fourth-order valence-corrected chi connectivity index (χ4v) is 0.768. The molecule has 0 aliphatic rings. The predicted molar refractivity (Wildman–Crippen MR) is 49.1 cm³/mol. The van der Waals surface area contributed by atoms with E-state index in [9.17, 15) is 4.79 Å². The van der Waals surface area contributed by atoms with Crippen molar-refractivity contribution in [3.63, 3.8) is 0 Å². The maximum absolute atomic E-state index is 11.0. The molecule has 3 heteroatoms. The topological polar surface area (TPSA) is 29.5 Å². The van der Waals surface area contributed by atoms with Crippen molar-refractivity contribution < 1.29 is 9.53 Å². The third-order valence-corrected chi connectivity index (χ3v) is 1.22. The Morgan fingerprint density at radius 2 is 1.92 bits per heavy atom. The number of carbonyl (C=O) groups is 1. The first-order valence-corrected chi connectivity index (χ1v) is 3.96. The van der Waals surface area contributed by atoms with Gasteiger partial charge in [-0.2, -0.15) is 0 Å². The molecule has 70 valence electrons. The van der Waals surface area contributed by atoms with E-state index in [1.54, 1.807) is 14.1 Å². The van der Waals surface area contributed by atoms with Crippen LogP contribution in [0.15, 0.2) is 11.6 Å². The van der Waals surface area contributed by atoms with E-state index in [1.165, 1.54) is 4.90 Å². The Morgan fingerprint density at radius 3 is 2.25 bits per heavy atom. The number of hydrogen-bond donors (Lipinski definition) is 0. The molecule has 0 heterocycles. The normalized spacial score (nSPS) is 11.8. The molecule has 1 unspecified atom stereocenters. The van der Waals surface area contributed by atoms with Crippen molar-refractivity contribution in [3.8, 4) is 0 Å². The highest BCUT2D eigenvalue weighted by Gasteiger charge is 2.07. The van der Waals surface area contributed by atoms with E-state index >= 15 is 0 Å². The van der Waals surface area contributed by atoms with Crippen LogP contribution in [0.4, 0.5) is 4.79 Å². The van der Waals surface area contributed by atoms with Gasteiger partial charge in [-0.1, -0.05) is 5.57 Å². The van der Waals surface area contributed by atoms with Crippen LogP contribution in [0, 0.1) is 0 Å². The van der Waals surface area contributed by atoms with Crippen molar-refractivity contribution in [1.82, 2.24) is 4.90 Å². The maximum atomic E-state index is 11.0. The molecule has 1 amide bonds. The molecule has 0 aliphatic heterocycles. The average Bonchev–Trinajstić information content (AvgIpc) is 1.84. The van der Waals surface area contributed by atoms with Gasteiger partial charge < -0.3 is 9.64 Å². The molecule has 0 aromatic carbocycles. The zero-order valence-corrected chi connectivity index (χ0v) is 8.42. The molecular formula is C9H17NO2. The van der Waals surface area contributed by atoms with E-state index in [2.05, 4.69) is 0 Å². The zero-order chi connectivity index (χ0) is 9.72. The number of rotatable bonds is 2. The Hall–Kier alpha value is -0.990. The van der Waals surface area contributed by atoms with E-state index in [0.717, 1.165) is 5.57 Å². The van der Waals surface area contributed by atoms with Gasteiger partial charge in [-0.05, 0) is 26.8 Å². The number of allylic oxidation sites excluding steroid dienone is 1. The lowest BCUT2D eigenvalue weighted by Gasteiger charge is -2.14.